The number of carbonyl (C=O) groups excluding carboxylic acids is 1. The highest BCUT2D eigenvalue weighted by molar-refractivity contribution is 8.14. The van der Waals surface area contributed by atoms with Crippen LogP contribution in [0.4, 0.5) is 10.5 Å². The maximum atomic E-state index is 11.6. The zero-order valence-corrected chi connectivity index (χ0v) is 20.3. The molecule has 1 atom stereocenters. The Morgan fingerprint density at radius 3 is 2.81 bits per heavy atom. The minimum atomic E-state index is -0.113. The van der Waals surface area contributed by atoms with Crippen LogP contribution < -0.4 is 15.1 Å². The second kappa shape index (κ2) is 9.55. The van der Waals surface area contributed by atoms with E-state index >= 15 is 0 Å². The van der Waals surface area contributed by atoms with Crippen LogP contribution in [0.1, 0.15) is 43.9 Å². The van der Waals surface area contributed by atoms with Crippen molar-refractivity contribution in [3.05, 3.63) is 58.1 Å². The third-order valence-electron chi connectivity index (χ3n) is 5.48. The molecule has 1 unspecified atom stereocenters. The van der Waals surface area contributed by atoms with E-state index in [9.17, 15) is 4.79 Å². The van der Waals surface area contributed by atoms with E-state index in [0.717, 1.165) is 47.7 Å². The molecule has 4 rings (SSSR count). The summed E-state index contributed by atoms with van der Waals surface area (Å²) in [5.41, 5.74) is 7.88. The molecule has 6 nitrogen and oxygen atoms in total. The number of benzene rings is 2. The Balaban J connectivity index is 1.73. The van der Waals surface area contributed by atoms with Crippen molar-refractivity contribution in [2.75, 3.05) is 18.6 Å². The van der Waals surface area contributed by atoms with Crippen molar-refractivity contribution >= 4 is 45.8 Å². The van der Waals surface area contributed by atoms with Crippen molar-refractivity contribution in [1.29, 1.82) is 0 Å². The number of aryl methyl sites for hydroxylation is 1. The first-order chi connectivity index (χ1) is 15.4. The van der Waals surface area contributed by atoms with Crippen LogP contribution in [0.15, 0.2) is 46.5 Å². The van der Waals surface area contributed by atoms with Gasteiger partial charge < -0.3 is 9.64 Å². The third kappa shape index (κ3) is 4.64. The summed E-state index contributed by atoms with van der Waals surface area (Å²) in [5.74, 6) is 1.56. The molecule has 0 saturated carbocycles. The molecule has 2 aromatic carbocycles. The molecule has 2 aliphatic heterocycles. The largest absolute Gasteiger partial charge is 0.495 e. The molecule has 0 aliphatic carbocycles. The Kier molecular flexibility index (Phi) is 6.76. The number of aliphatic imine (C=N–C) groups is 1. The Bertz CT molecular complexity index is 1100. The molecule has 2 aromatic rings. The van der Waals surface area contributed by atoms with Crippen LogP contribution in [-0.4, -0.2) is 41.7 Å². The summed E-state index contributed by atoms with van der Waals surface area (Å²) in [5, 5.41) is 4.78. The molecule has 0 saturated heterocycles. The lowest BCUT2D eigenvalue weighted by atomic mass is 9.96. The SMILES string of the molecule is COc1ccc(C(=NC(C)C)N2CCCc3cc(C4=NNC(=O)SC4C)ccc32)cc1Cl. The number of hydrogen-bond donors (Lipinski definition) is 1. The van der Waals surface area contributed by atoms with Crippen molar-refractivity contribution in [1.82, 2.24) is 5.43 Å². The average Bonchev–Trinajstić information content (AvgIpc) is 2.76. The van der Waals surface area contributed by atoms with Gasteiger partial charge in [0.15, 0.2) is 0 Å². The fourth-order valence-electron chi connectivity index (χ4n) is 4.07. The Morgan fingerprint density at radius 1 is 1.31 bits per heavy atom. The quantitative estimate of drug-likeness (QED) is 0.473. The molecule has 0 radical (unpaired) electrons. The minimum Gasteiger partial charge on any atom is -0.495 e. The summed E-state index contributed by atoms with van der Waals surface area (Å²) < 4.78 is 5.32. The number of nitrogens with zero attached hydrogens (tertiary/aromatic N) is 3. The molecule has 2 heterocycles. The number of amides is 1. The number of hydrogen-bond acceptors (Lipinski definition) is 5. The van der Waals surface area contributed by atoms with Gasteiger partial charge in [-0.3, -0.25) is 9.79 Å². The summed E-state index contributed by atoms with van der Waals surface area (Å²) in [6, 6.07) is 12.4. The van der Waals surface area contributed by atoms with E-state index in [0.29, 0.717) is 10.8 Å². The maximum absolute atomic E-state index is 11.6. The number of halogens is 1. The fourth-order valence-corrected chi connectivity index (χ4v) is 5.04. The van der Waals surface area contributed by atoms with Gasteiger partial charge in [0.25, 0.3) is 5.24 Å². The number of nitrogens with one attached hydrogen (secondary N) is 1. The van der Waals surface area contributed by atoms with Crippen LogP contribution in [0.2, 0.25) is 5.02 Å². The van der Waals surface area contributed by atoms with Gasteiger partial charge in [-0.05, 0) is 75.1 Å². The highest BCUT2D eigenvalue weighted by atomic mass is 35.5. The predicted molar refractivity (Wildman–Crippen MR) is 134 cm³/mol. The normalized spacial score (nSPS) is 18.9. The smallest absolute Gasteiger partial charge is 0.299 e. The number of methoxy groups -OCH3 is 1. The van der Waals surface area contributed by atoms with Gasteiger partial charge in [0.2, 0.25) is 0 Å². The van der Waals surface area contributed by atoms with Gasteiger partial charge in [0.05, 0.1) is 23.1 Å². The molecule has 0 spiro atoms. The molecule has 32 heavy (non-hydrogen) atoms. The lowest BCUT2D eigenvalue weighted by Gasteiger charge is -2.33. The van der Waals surface area contributed by atoms with Crippen molar-refractivity contribution in [2.45, 2.75) is 44.9 Å². The molecule has 168 valence electrons. The van der Waals surface area contributed by atoms with Crippen molar-refractivity contribution in [3.63, 3.8) is 0 Å². The van der Waals surface area contributed by atoms with Gasteiger partial charge in [-0.2, -0.15) is 5.10 Å². The second-order valence-electron chi connectivity index (χ2n) is 8.15. The highest BCUT2D eigenvalue weighted by Gasteiger charge is 2.26. The molecule has 0 aromatic heterocycles. The van der Waals surface area contributed by atoms with Crippen LogP contribution in [0.3, 0.4) is 0 Å². The number of thioether (sulfide) groups is 1. The van der Waals surface area contributed by atoms with Crippen LogP contribution in [0.25, 0.3) is 0 Å². The number of hydrazone groups is 1. The van der Waals surface area contributed by atoms with Crippen LogP contribution in [0, 0.1) is 0 Å². The molecule has 1 amide bonds. The van der Waals surface area contributed by atoms with Gasteiger partial charge in [-0.15, -0.1) is 0 Å². The van der Waals surface area contributed by atoms with Crippen LogP contribution in [-0.2, 0) is 6.42 Å². The number of carbonyl (C=O) groups is 1. The molecule has 1 N–H and O–H groups in total. The number of rotatable bonds is 4. The molecule has 0 bridgehead atoms. The lowest BCUT2D eigenvalue weighted by molar-refractivity contribution is 0.261. The minimum absolute atomic E-state index is 0.0148. The molecule has 2 aliphatic rings. The Labute approximate surface area is 198 Å². The first-order valence-electron chi connectivity index (χ1n) is 10.7. The third-order valence-corrected chi connectivity index (χ3v) is 6.65. The van der Waals surface area contributed by atoms with E-state index in [-0.39, 0.29) is 16.5 Å². The average molecular weight is 471 g/mol. The summed E-state index contributed by atoms with van der Waals surface area (Å²) in [6.45, 7) is 7.04. The van der Waals surface area contributed by atoms with Gasteiger partial charge >= 0.3 is 0 Å². The summed E-state index contributed by atoms with van der Waals surface area (Å²) in [6.07, 6.45) is 2.00. The summed E-state index contributed by atoms with van der Waals surface area (Å²) in [4.78, 5) is 18.8. The van der Waals surface area contributed by atoms with E-state index in [1.165, 1.54) is 17.3 Å². The van der Waals surface area contributed by atoms with E-state index in [4.69, 9.17) is 21.3 Å². The fraction of sp³-hybridized carbons (Fsp3) is 0.375. The molecule has 8 heteroatoms. The summed E-state index contributed by atoms with van der Waals surface area (Å²) in [7, 11) is 1.61. The van der Waals surface area contributed by atoms with Gasteiger partial charge in [-0.25, -0.2) is 5.43 Å². The standard InChI is InChI=1S/C24H27ClN4O2S/c1-14(2)26-23(18-8-10-21(31-4)19(25)13-18)29-11-5-6-16-12-17(7-9-20(16)29)22-15(3)32-24(30)28-27-22/h7-10,12-15H,5-6,11H2,1-4H3,(H,28,30). The van der Waals surface area contributed by atoms with E-state index in [1.54, 1.807) is 7.11 Å². The molecular formula is C24H27ClN4O2S. The lowest BCUT2D eigenvalue weighted by Crippen LogP contribution is -2.37. The monoisotopic (exact) mass is 470 g/mol. The van der Waals surface area contributed by atoms with Crippen molar-refractivity contribution < 1.29 is 9.53 Å². The molecular weight excluding hydrogens is 444 g/mol. The first-order valence-corrected chi connectivity index (χ1v) is 12.0. The van der Waals surface area contributed by atoms with Crippen molar-refractivity contribution in [3.8, 4) is 5.75 Å². The zero-order chi connectivity index (χ0) is 22.8. The zero-order valence-electron chi connectivity index (χ0n) is 18.7. The van der Waals surface area contributed by atoms with Gasteiger partial charge in [-0.1, -0.05) is 29.4 Å². The Morgan fingerprint density at radius 2 is 2.12 bits per heavy atom. The van der Waals surface area contributed by atoms with E-state index in [1.807, 2.05) is 25.1 Å². The Hall–Kier alpha value is -2.51. The molecule has 0 fully saturated rings. The number of ether oxygens (including phenoxy) is 1. The topological polar surface area (TPSA) is 66.3 Å². The maximum Gasteiger partial charge on any atom is 0.299 e. The number of fused-ring (bicyclic) bond motifs is 1. The van der Waals surface area contributed by atoms with Gasteiger partial charge in [0, 0.05) is 23.8 Å². The predicted octanol–water partition coefficient (Wildman–Crippen LogP) is 5.51. The first kappa shape index (κ1) is 22.7. The van der Waals surface area contributed by atoms with Crippen LogP contribution >= 0.6 is 23.4 Å². The van der Waals surface area contributed by atoms with Crippen LogP contribution in [0.5, 0.6) is 5.75 Å². The number of anilines is 1. The van der Waals surface area contributed by atoms with E-state index < -0.39 is 0 Å². The van der Waals surface area contributed by atoms with Gasteiger partial charge in [0.1, 0.15) is 11.6 Å². The van der Waals surface area contributed by atoms with Crippen molar-refractivity contribution in [2.24, 2.45) is 10.1 Å². The second-order valence-corrected chi connectivity index (χ2v) is 9.87. The number of amidine groups is 1. The highest BCUT2D eigenvalue weighted by Crippen LogP contribution is 2.33. The van der Waals surface area contributed by atoms with E-state index in [2.05, 4.69) is 47.5 Å². The summed E-state index contributed by atoms with van der Waals surface area (Å²) >= 11 is 7.70.